The van der Waals surface area contributed by atoms with Gasteiger partial charge in [0.25, 0.3) is 0 Å². The first kappa shape index (κ1) is 13.6. The van der Waals surface area contributed by atoms with Gasteiger partial charge in [-0.05, 0) is 55.8 Å². The predicted molar refractivity (Wildman–Crippen MR) is 81.0 cm³/mol. The summed E-state index contributed by atoms with van der Waals surface area (Å²) < 4.78 is 0. The number of pyridine rings is 1. The monoisotopic (exact) mass is 255 g/mol. The Kier molecular flexibility index (Phi) is 4.17. The third kappa shape index (κ3) is 3.32. The van der Waals surface area contributed by atoms with E-state index in [4.69, 9.17) is 0 Å². The number of rotatable bonds is 4. The molecule has 0 aliphatic rings. The molecule has 19 heavy (non-hydrogen) atoms. The molecule has 1 N–H and O–H groups in total. The predicted octanol–water partition coefficient (Wildman–Crippen LogP) is 3.19. The second kappa shape index (κ2) is 5.85. The molecule has 0 spiro atoms. The second-order valence-corrected chi connectivity index (χ2v) is 4.96. The van der Waals surface area contributed by atoms with Crippen molar-refractivity contribution in [3.63, 3.8) is 0 Å². The molecule has 1 aromatic carbocycles. The molecule has 0 amide bonds. The summed E-state index contributed by atoms with van der Waals surface area (Å²) in [7, 11) is 3.99. The summed E-state index contributed by atoms with van der Waals surface area (Å²) in [5, 5.41) is 3.13. The Morgan fingerprint density at radius 3 is 2.32 bits per heavy atom. The van der Waals surface area contributed by atoms with E-state index in [0.29, 0.717) is 0 Å². The van der Waals surface area contributed by atoms with E-state index in [1.54, 1.807) is 0 Å². The zero-order chi connectivity index (χ0) is 13.8. The van der Waals surface area contributed by atoms with Crippen molar-refractivity contribution < 1.29 is 0 Å². The molecule has 0 bridgehead atoms. The van der Waals surface area contributed by atoms with Crippen LogP contribution >= 0.6 is 0 Å². The molecule has 0 unspecified atom stereocenters. The van der Waals surface area contributed by atoms with Crippen LogP contribution in [0.2, 0.25) is 0 Å². The Morgan fingerprint density at radius 2 is 1.79 bits per heavy atom. The summed E-state index contributed by atoms with van der Waals surface area (Å²) in [5.74, 6) is 0.963. The minimum Gasteiger partial charge on any atom is -0.329 e. The maximum Gasteiger partial charge on any atom is 0.132 e. The van der Waals surface area contributed by atoms with Crippen molar-refractivity contribution in [1.82, 2.24) is 10.3 Å². The number of hydrogen-bond donors (Lipinski definition) is 1. The third-order valence-electron chi connectivity index (χ3n) is 3.13. The van der Waals surface area contributed by atoms with Crippen molar-refractivity contribution in [2.45, 2.75) is 20.4 Å². The largest absolute Gasteiger partial charge is 0.329 e. The molecule has 3 nitrogen and oxygen atoms in total. The highest BCUT2D eigenvalue weighted by Gasteiger charge is 2.06. The van der Waals surface area contributed by atoms with E-state index in [2.05, 4.69) is 59.4 Å². The normalized spacial score (nSPS) is 10.5. The second-order valence-electron chi connectivity index (χ2n) is 4.96. The summed E-state index contributed by atoms with van der Waals surface area (Å²) in [6.07, 6.45) is 1.92. The van der Waals surface area contributed by atoms with Crippen LogP contribution < -0.4 is 10.2 Å². The molecule has 0 fully saturated rings. The van der Waals surface area contributed by atoms with Gasteiger partial charge in [0, 0.05) is 25.5 Å². The van der Waals surface area contributed by atoms with Gasteiger partial charge in [-0.2, -0.15) is 0 Å². The lowest BCUT2D eigenvalue weighted by molar-refractivity contribution is 0.813. The molecule has 1 heterocycles. The zero-order valence-corrected chi connectivity index (χ0v) is 12.1. The van der Waals surface area contributed by atoms with Crippen LogP contribution in [0.4, 0.5) is 11.5 Å². The van der Waals surface area contributed by atoms with Crippen LogP contribution in [-0.4, -0.2) is 19.1 Å². The summed E-state index contributed by atoms with van der Waals surface area (Å²) >= 11 is 0. The molecule has 0 radical (unpaired) electrons. The molecule has 0 aliphatic carbocycles. The van der Waals surface area contributed by atoms with Crippen molar-refractivity contribution in [3.05, 3.63) is 53.2 Å². The van der Waals surface area contributed by atoms with Crippen molar-refractivity contribution in [2.75, 3.05) is 19.0 Å². The van der Waals surface area contributed by atoms with Gasteiger partial charge >= 0.3 is 0 Å². The van der Waals surface area contributed by atoms with Gasteiger partial charge < -0.3 is 10.2 Å². The number of aryl methyl sites for hydroxylation is 2. The lowest BCUT2D eigenvalue weighted by Crippen LogP contribution is -2.12. The average Bonchev–Trinajstić information content (AvgIpc) is 2.38. The quantitative estimate of drug-likeness (QED) is 0.909. The van der Waals surface area contributed by atoms with E-state index in [-0.39, 0.29) is 0 Å². The first-order valence-corrected chi connectivity index (χ1v) is 6.51. The molecular formula is C16H21N3. The van der Waals surface area contributed by atoms with Crippen LogP contribution in [0.15, 0.2) is 36.5 Å². The highest BCUT2D eigenvalue weighted by molar-refractivity contribution is 5.61. The molecule has 2 rings (SSSR count). The van der Waals surface area contributed by atoms with E-state index in [9.17, 15) is 0 Å². The number of benzene rings is 1. The fourth-order valence-electron chi connectivity index (χ4n) is 2.20. The van der Waals surface area contributed by atoms with Crippen LogP contribution in [0.1, 0.15) is 16.7 Å². The SMILES string of the molecule is CNCc1ccc(N(C)c2cc(C)cc(C)c2)nc1. The van der Waals surface area contributed by atoms with E-state index in [1.807, 2.05) is 20.3 Å². The molecule has 3 heteroatoms. The van der Waals surface area contributed by atoms with Crippen LogP contribution in [0.5, 0.6) is 0 Å². The molecule has 2 aromatic rings. The van der Waals surface area contributed by atoms with Crippen LogP contribution in [0.25, 0.3) is 0 Å². The molecule has 1 aromatic heterocycles. The number of hydrogen-bond acceptors (Lipinski definition) is 3. The van der Waals surface area contributed by atoms with Crippen LogP contribution in [0, 0.1) is 13.8 Å². The van der Waals surface area contributed by atoms with Crippen molar-refractivity contribution in [2.24, 2.45) is 0 Å². The van der Waals surface area contributed by atoms with Gasteiger partial charge in [0.05, 0.1) is 0 Å². The maximum absolute atomic E-state index is 4.52. The van der Waals surface area contributed by atoms with Crippen molar-refractivity contribution in [3.8, 4) is 0 Å². The van der Waals surface area contributed by atoms with Gasteiger partial charge in [0.15, 0.2) is 0 Å². The standard InChI is InChI=1S/C16H21N3/c1-12-7-13(2)9-15(8-12)19(4)16-6-5-14(10-17-3)11-18-16/h5-9,11,17H,10H2,1-4H3. The minimum absolute atomic E-state index is 0.848. The highest BCUT2D eigenvalue weighted by atomic mass is 15.2. The first-order valence-electron chi connectivity index (χ1n) is 6.51. The highest BCUT2D eigenvalue weighted by Crippen LogP contribution is 2.24. The van der Waals surface area contributed by atoms with Gasteiger partial charge in [0.2, 0.25) is 0 Å². The molecule has 0 saturated heterocycles. The van der Waals surface area contributed by atoms with Crippen LogP contribution in [-0.2, 0) is 6.54 Å². The fraction of sp³-hybridized carbons (Fsp3) is 0.312. The van der Waals surface area contributed by atoms with Gasteiger partial charge in [-0.1, -0.05) is 12.1 Å². The third-order valence-corrected chi connectivity index (χ3v) is 3.13. The number of nitrogens with one attached hydrogen (secondary N) is 1. The van der Waals surface area contributed by atoms with E-state index in [1.165, 1.54) is 22.4 Å². The number of nitrogens with zero attached hydrogens (tertiary/aromatic N) is 2. The molecular weight excluding hydrogens is 234 g/mol. The fourth-order valence-corrected chi connectivity index (χ4v) is 2.20. The zero-order valence-electron chi connectivity index (χ0n) is 12.1. The summed E-state index contributed by atoms with van der Waals surface area (Å²) in [6, 6.07) is 10.7. The van der Waals surface area contributed by atoms with Crippen LogP contribution in [0.3, 0.4) is 0 Å². The minimum atomic E-state index is 0.848. The molecule has 100 valence electrons. The maximum atomic E-state index is 4.52. The number of aromatic nitrogens is 1. The lowest BCUT2D eigenvalue weighted by Gasteiger charge is -2.19. The van der Waals surface area contributed by atoms with Gasteiger partial charge in [-0.25, -0.2) is 4.98 Å². The average molecular weight is 255 g/mol. The molecule has 0 saturated carbocycles. The van der Waals surface area contributed by atoms with Gasteiger partial charge in [-0.15, -0.1) is 0 Å². The topological polar surface area (TPSA) is 28.2 Å². The Labute approximate surface area is 115 Å². The van der Waals surface area contributed by atoms with Gasteiger partial charge in [-0.3, -0.25) is 0 Å². The smallest absolute Gasteiger partial charge is 0.132 e. The lowest BCUT2D eigenvalue weighted by atomic mass is 10.1. The van der Waals surface area contributed by atoms with E-state index >= 15 is 0 Å². The number of anilines is 2. The summed E-state index contributed by atoms with van der Waals surface area (Å²) in [5.41, 5.74) is 4.91. The summed E-state index contributed by atoms with van der Waals surface area (Å²) in [6.45, 7) is 5.09. The van der Waals surface area contributed by atoms with Gasteiger partial charge in [0.1, 0.15) is 5.82 Å². The van der Waals surface area contributed by atoms with E-state index in [0.717, 1.165) is 12.4 Å². The first-order chi connectivity index (χ1) is 9.10. The van der Waals surface area contributed by atoms with E-state index < -0.39 is 0 Å². The Balaban J connectivity index is 2.25. The summed E-state index contributed by atoms with van der Waals surface area (Å²) in [4.78, 5) is 6.63. The Morgan fingerprint density at radius 1 is 1.11 bits per heavy atom. The molecule has 0 aliphatic heterocycles. The van der Waals surface area contributed by atoms with Crippen molar-refractivity contribution in [1.29, 1.82) is 0 Å². The molecule has 0 atom stereocenters. The Hall–Kier alpha value is -1.87. The van der Waals surface area contributed by atoms with Crippen molar-refractivity contribution >= 4 is 11.5 Å². The Bertz CT molecular complexity index is 526.